The Morgan fingerprint density at radius 1 is 1.21 bits per heavy atom. The number of nitrogens with one attached hydrogen (secondary N) is 1. The number of carbonyl (C=O) groups excluding carboxylic acids is 2. The van der Waals surface area contributed by atoms with Gasteiger partial charge in [-0.05, 0) is 37.3 Å². The van der Waals surface area contributed by atoms with Crippen LogP contribution < -0.4 is 5.32 Å². The minimum absolute atomic E-state index is 0.0555. The van der Waals surface area contributed by atoms with Crippen molar-refractivity contribution in [3.8, 4) is 6.07 Å². The Morgan fingerprint density at radius 3 is 2.46 bits per heavy atom. The number of anilines is 1. The van der Waals surface area contributed by atoms with E-state index in [0.717, 1.165) is 6.07 Å². The SMILES string of the molecule is CCOC(=O)/C(C#N)=C(/O)c1ccc(NC(=O)c2cccc([N+](=O)[O-])c2)cc1. The van der Waals surface area contributed by atoms with Crippen molar-refractivity contribution in [1.29, 1.82) is 5.26 Å². The van der Waals surface area contributed by atoms with Crippen LogP contribution in [0, 0.1) is 21.4 Å². The fourth-order valence-corrected chi connectivity index (χ4v) is 2.22. The average Bonchev–Trinajstić information content (AvgIpc) is 2.69. The molecule has 0 aliphatic rings. The molecule has 2 rings (SSSR count). The Morgan fingerprint density at radius 2 is 1.89 bits per heavy atom. The van der Waals surface area contributed by atoms with Gasteiger partial charge < -0.3 is 15.2 Å². The first-order valence-electron chi connectivity index (χ1n) is 8.04. The van der Waals surface area contributed by atoms with Gasteiger partial charge in [0.25, 0.3) is 11.6 Å². The maximum Gasteiger partial charge on any atom is 0.352 e. The molecule has 28 heavy (non-hydrogen) atoms. The van der Waals surface area contributed by atoms with Gasteiger partial charge in [-0.3, -0.25) is 14.9 Å². The van der Waals surface area contributed by atoms with E-state index in [4.69, 9.17) is 10.00 Å². The molecule has 0 aromatic heterocycles. The first-order valence-corrected chi connectivity index (χ1v) is 8.04. The molecule has 0 fully saturated rings. The number of nitriles is 1. The Hall–Kier alpha value is -4.19. The number of nitrogens with zero attached hydrogens (tertiary/aromatic N) is 2. The third kappa shape index (κ3) is 4.70. The second-order valence-electron chi connectivity index (χ2n) is 5.39. The van der Waals surface area contributed by atoms with Gasteiger partial charge in [0.2, 0.25) is 0 Å². The minimum Gasteiger partial charge on any atom is -0.506 e. The van der Waals surface area contributed by atoms with Crippen LogP contribution in [0.15, 0.2) is 54.1 Å². The Bertz CT molecular complexity index is 989. The number of amides is 1. The summed E-state index contributed by atoms with van der Waals surface area (Å²) in [6.07, 6.45) is 0. The molecule has 0 saturated carbocycles. The number of non-ortho nitro benzene ring substituents is 1. The van der Waals surface area contributed by atoms with Gasteiger partial charge in [0.05, 0.1) is 11.5 Å². The number of ether oxygens (including phenoxy) is 1. The topological polar surface area (TPSA) is 143 Å². The summed E-state index contributed by atoms with van der Waals surface area (Å²) < 4.78 is 4.71. The second-order valence-corrected chi connectivity index (χ2v) is 5.39. The summed E-state index contributed by atoms with van der Waals surface area (Å²) >= 11 is 0. The normalized spacial score (nSPS) is 11.0. The summed E-state index contributed by atoms with van der Waals surface area (Å²) in [5.74, 6) is -2.04. The summed E-state index contributed by atoms with van der Waals surface area (Å²) in [4.78, 5) is 34.1. The van der Waals surface area contributed by atoms with E-state index in [1.54, 1.807) is 13.0 Å². The highest BCUT2D eigenvalue weighted by atomic mass is 16.6. The van der Waals surface area contributed by atoms with Crippen LogP contribution in [0.5, 0.6) is 0 Å². The van der Waals surface area contributed by atoms with Gasteiger partial charge in [-0.15, -0.1) is 0 Å². The lowest BCUT2D eigenvalue weighted by Gasteiger charge is -2.08. The van der Waals surface area contributed by atoms with Crippen molar-refractivity contribution in [2.75, 3.05) is 11.9 Å². The Balaban J connectivity index is 2.20. The number of benzene rings is 2. The van der Waals surface area contributed by atoms with Crippen LogP contribution in [0.25, 0.3) is 5.76 Å². The highest BCUT2D eigenvalue weighted by Crippen LogP contribution is 2.20. The van der Waals surface area contributed by atoms with Gasteiger partial charge in [0.15, 0.2) is 5.57 Å². The molecule has 142 valence electrons. The van der Waals surface area contributed by atoms with E-state index in [1.807, 2.05) is 0 Å². The molecule has 0 heterocycles. The standard InChI is InChI=1S/C19H15N3O6/c1-2-28-19(25)16(11-20)17(23)12-6-8-14(9-7-12)21-18(24)13-4-3-5-15(10-13)22(26)27/h3-10,23H,2H2,1H3,(H,21,24)/b17-16+. The van der Waals surface area contributed by atoms with Crippen molar-refractivity contribution in [3.05, 3.63) is 75.3 Å². The number of nitro groups is 1. The number of hydrogen-bond donors (Lipinski definition) is 2. The van der Waals surface area contributed by atoms with Gasteiger partial charge in [0, 0.05) is 28.9 Å². The zero-order valence-electron chi connectivity index (χ0n) is 14.7. The van der Waals surface area contributed by atoms with E-state index in [2.05, 4.69) is 5.32 Å². The lowest BCUT2D eigenvalue weighted by molar-refractivity contribution is -0.384. The van der Waals surface area contributed by atoms with Crippen LogP contribution in [-0.2, 0) is 9.53 Å². The molecule has 0 aliphatic heterocycles. The molecule has 9 nitrogen and oxygen atoms in total. The molecule has 2 aromatic carbocycles. The lowest BCUT2D eigenvalue weighted by atomic mass is 10.1. The van der Waals surface area contributed by atoms with E-state index < -0.39 is 28.1 Å². The number of rotatable bonds is 6. The maximum atomic E-state index is 12.2. The average molecular weight is 381 g/mol. The van der Waals surface area contributed by atoms with Gasteiger partial charge in [-0.1, -0.05) is 6.07 Å². The van der Waals surface area contributed by atoms with Crippen LogP contribution in [0.4, 0.5) is 11.4 Å². The van der Waals surface area contributed by atoms with Gasteiger partial charge in [-0.25, -0.2) is 4.79 Å². The van der Waals surface area contributed by atoms with Crippen molar-refractivity contribution in [1.82, 2.24) is 0 Å². The maximum absolute atomic E-state index is 12.2. The third-order valence-electron chi connectivity index (χ3n) is 3.56. The number of nitro benzene ring substituents is 1. The first-order chi connectivity index (χ1) is 13.4. The Labute approximate surface area is 159 Å². The first kappa shape index (κ1) is 20.1. The summed E-state index contributed by atoms with van der Waals surface area (Å²) in [7, 11) is 0. The van der Waals surface area contributed by atoms with Crippen molar-refractivity contribution in [3.63, 3.8) is 0 Å². The fraction of sp³-hybridized carbons (Fsp3) is 0.105. The van der Waals surface area contributed by atoms with Crippen LogP contribution in [-0.4, -0.2) is 28.5 Å². The number of hydrogen-bond acceptors (Lipinski definition) is 7. The highest BCUT2D eigenvalue weighted by molar-refractivity contribution is 6.05. The molecule has 9 heteroatoms. The van der Waals surface area contributed by atoms with Crippen molar-refractivity contribution >= 4 is 29.0 Å². The van der Waals surface area contributed by atoms with Crippen molar-refractivity contribution < 1.29 is 24.4 Å². The highest BCUT2D eigenvalue weighted by Gasteiger charge is 2.18. The summed E-state index contributed by atoms with van der Waals surface area (Å²) in [6.45, 7) is 1.63. The number of esters is 1. The van der Waals surface area contributed by atoms with Gasteiger partial charge in [-0.2, -0.15) is 5.26 Å². The van der Waals surface area contributed by atoms with E-state index in [9.17, 15) is 24.8 Å². The quantitative estimate of drug-likeness (QED) is 0.195. The number of carbonyl (C=O) groups is 2. The molecule has 0 radical (unpaired) electrons. The molecule has 0 aliphatic carbocycles. The number of aliphatic hydroxyl groups is 1. The van der Waals surface area contributed by atoms with E-state index in [-0.39, 0.29) is 23.4 Å². The van der Waals surface area contributed by atoms with Gasteiger partial charge >= 0.3 is 5.97 Å². The zero-order valence-corrected chi connectivity index (χ0v) is 14.7. The number of aliphatic hydroxyl groups excluding tert-OH is 1. The van der Waals surface area contributed by atoms with Crippen molar-refractivity contribution in [2.24, 2.45) is 0 Å². The predicted molar refractivity (Wildman–Crippen MR) is 99.3 cm³/mol. The molecular formula is C19H15N3O6. The monoisotopic (exact) mass is 381 g/mol. The molecule has 0 spiro atoms. The van der Waals surface area contributed by atoms with Crippen LogP contribution >= 0.6 is 0 Å². The molecular weight excluding hydrogens is 366 g/mol. The smallest absolute Gasteiger partial charge is 0.352 e. The largest absolute Gasteiger partial charge is 0.506 e. The minimum atomic E-state index is -0.939. The van der Waals surface area contributed by atoms with Crippen LogP contribution in [0.2, 0.25) is 0 Å². The lowest BCUT2D eigenvalue weighted by Crippen LogP contribution is -2.12. The predicted octanol–water partition coefficient (Wildman–Crippen LogP) is 3.20. The molecule has 2 N–H and O–H groups in total. The molecule has 0 unspecified atom stereocenters. The second kappa shape index (κ2) is 8.95. The molecule has 0 saturated heterocycles. The van der Waals surface area contributed by atoms with E-state index >= 15 is 0 Å². The van der Waals surface area contributed by atoms with Crippen LogP contribution in [0.1, 0.15) is 22.8 Å². The molecule has 2 aromatic rings. The van der Waals surface area contributed by atoms with Crippen LogP contribution in [0.3, 0.4) is 0 Å². The molecule has 1 amide bonds. The fourth-order valence-electron chi connectivity index (χ4n) is 2.22. The van der Waals surface area contributed by atoms with Gasteiger partial charge in [0.1, 0.15) is 11.8 Å². The summed E-state index contributed by atoms with van der Waals surface area (Å²) in [6, 6.07) is 12.5. The molecule has 0 bridgehead atoms. The summed E-state index contributed by atoms with van der Waals surface area (Å²) in [5, 5.41) is 32.5. The third-order valence-corrected chi connectivity index (χ3v) is 3.56. The summed E-state index contributed by atoms with van der Waals surface area (Å²) in [5.41, 5.74) is -0.105. The Kier molecular flexibility index (Phi) is 6.44. The van der Waals surface area contributed by atoms with Crippen molar-refractivity contribution in [2.45, 2.75) is 6.92 Å². The molecule has 0 atom stereocenters. The van der Waals surface area contributed by atoms with E-state index in [1.165, 1.54) is 42.5 Å². The van der Waals surface area contributed by atoms with E-state index in [0.29, 0.717) is 5.69 Å². The zero-order chi connectivity index (χ0) is 20.7.